The Morgan fingerprint density at radius 1 is 1.00 bits per heavy atom. The van der Waals surface area contributed by atoms with Gasteiger partial charge in [-0.05, 0) is 41.3 Å². The highest BCUT2D eigenvalue weighted by atomic mass is 32.1. The van der Waals surface area contributed by atoms with Crippen molar-refractivity contribution in [2.75, 3.05) is 40.3 Å². The molecule has 0 aliphatic carbocycles. The molecule has 1 fully saturated rings. The van der Waals surface area contributed by atoms with Gasteiger partial charge in [0, 0.05) is 37.6 Å². The lowest BCUT2D eigenvalue weighted by atomic mass is 9.94. The number of hydrogen-bond acceptors (Lipinski definition) is 4. The van der Waals surface area contributed by atoms with E-state index in [1.165, 1.54) is 10.3 Å². The van der Waals surface area contributed by atoms with E-state index in [1.807, 2.05) is 17.4 Å². The highest BCUT2D eigenvalue weighted by molar-refractivity contribution is 7.09. The van der Waals surface area contributed by atoms with Gasteiger partial charge in [0.15, 0.2) is 0 Å². The van der Waals surface area contributed by atoms with E-state index in [2.05, 4.69) is 101 Å². The standard InChI is InChI=1S/C30H32N5OS/c1-32-14-16-33(17-15-32)30(36)28-21-35(2,29-19-31-22-34(29)13-12-24-9-6-18-37-24)20-27(28)26-11-5-8-23-7-3-4-10-25(23)26/h3-11,18-22H,12-17H2,1-2H3/q+1. The summed E-state index contributed by atoms with van der Waals surface area (Å²) in [5.74, 6) is 1.16. The molecule has 1 saturated heterocycles. The van der Waals surface area contributed by atoms with Crippen LogP contribution in [0.4, 0.5) is 5.82 Å². The lowest BCUT2D eigenvalue weighted by Gasteiger charge is -2.32. The predicted octanol–water partition coefficient (Wildman–Crippen LogP) is 4.99. The van der Waals surface area contributed by atoms with E-state index in [-0.39, 0.29) is 5.91 Å². The van der Waals surface area contributed by atoms with Crippen LogP contribution in [0.15, 0.2) is 90.5 Å². The van der Waals surface area contributed by atoms with Gasteiger partial charge in [-0.25, -0.2) is 9.47 Å². The van der Waals surface area contributed by atoms with Gasteiger partial charge in [0.2, 0.25) is 5.82 Å². The molecule has 6 nitrogen and oxygen atoms in total. The molecule has 2 aromatic heterocycles. The number of carbonyl (C=O) groups is 1. The lowest BCUT2D eigenvalue weighted by Crippen LogP contribution is -2.47. The number of fused-ring (bicyclic) bond motifs is 1. The number of imidazole rings is 1. The summed E-state index contributed by atoms with van der Waals surface area (Å²) in [6.07, 6.45) is 9.15. The summed E-state index contributed by atoms with van der Waals surface area (Å²) in [6, 6.07) is 19.1. The summed E-state index contributed by atoms with van der Waals surface area (Å²) in [5, 5.41) is 4.46. The van der Waals surface area contributed by atoms with Crippen molar-refractivity contribution in [3.8, 4) is 0 Å². The fourth-order valence-corrected chi connectivity index (χ4v) is 6.14. The van der Waals surface area contributed by atoms with Crippen LogP contribution < -0.4 is 4.48 Å². The quantitative estimate of drug-likeness (QED) is 0.343. The van der Waals surface area contributed by atoms with Crippen molar-refractivity contribution in [2.45, 2.75) is 13.0 Å². The highest BCUT2D eigenvalue weighted by Crippen LogP contribution is 2.40. The van der Waals surface area contributed by atoms with Crippen LogP contribution >= 0.6 is 11.3 Å². The van der Waals surface area contributed by atoms with Crippen LogP contribution in [-0.4, -0.2) is 65.5 Å². The molecule has 0 spiro atoms. The molecule has 1 amide bonds. The van der Waals surface area contributed by atoms with Gasteiger partial charge in [-0.15, -0.1) is 11.3 Å². The molecule has 0 bridgehead atoms. The van der Waals surface area contributed by atoms with Crippen molar-refractivity contribution in [3.05, 3.63) is 101 Å². The van der Waals surface area contributed by atoms with Gasteiger partial charge in [-0.2, -0.15) is 0 Å². The minimum atomic E-state index is 0.110. The number of aromatic nitrogens is 2. The molecule has 2 aromatic carbocycles. The summed E-state index contributed by atoms with van der Waals surface area (Å²) in [7, 11) is 4.26. The molecule has 37 heavy (non-hydrogen) atoms. The Morgan fingerprint density at radius 3 is 2.62 bits per heavy atom. The topological polar surface area (TPSA) is 41.4 Å². The molecule has 0 saturated carbocycles. The highest BCUT2D eigenvalue weighted by Gasteiger charge is 2.39. The van der Waals surface area contributed by atoms with Crippen molar-refractivity contribution < 1.29 is 4.79 Å². The fraction of sp³-hybridized carbons (Fsp3) is 0.267. The number of thiophene rings is 1. The number of likely N-dealkylation sites (N-methyl/N-ethyl adjacent to an activating group) is 1. The molecule has 1 unspecified atom stereocenters. The largest absolute Gasteiger partial charge is 0.336 e. The monoisotopic (exact) mass is 510 g/mol. The first kappa shape index (κ1) is 23.9. The summed E-state index contributed by atoms with van der Waals surface area (Å²) in [6.45, 7) is 4.13. The van der Waals surface area contributed by atoms with Gasteiger partial charge in [-0.3, -0.25) is 9.36 Å². The smallest absolute Gasteiger partial charge is 0.260 e. The van der Waals surface area contributed by atoms with Crippen LogP contribution in [0.5, 0.6) is 0 Å². The first-order valence-corrected chi connectivity index (χ1v) is 13.7. The number of benzene rings is 2. The zero-order valence-electron chi connectivity index (χ0n) is 21.4. The van der Waals surface area contributed by atoms with Gasteiger partial charge >= 0.3 is 0 Å². The fourth-order valence-electron chi connectivity index (χ4n) is 5.44. The molecule has 188 valence electrons. The molecule has 0 N–H and O–H groups in total. The lowest BCUT2D eigenvalue weighted by molar-refractivity contribution is -0.128. The number of piperazine rings is 1. The third-order valence-corrected chi connectivity index (χ3v) is 8.48. The maximum atomic E-state index is 14.0. The molecule has 1 atom stereocenters. The Labute approximate surface area is 222 Å². The van der Waals surface area contributed by atoms with Crippen LogP contribution in [-0.2, 0) is 17.8 Å². The second kappa shape index (κ2) is 9.74. The number of hydrogen-bond donors (Lipinski definition) is 0. The van der Waals surface area contributed by atoms with Crippen LogP contribution in [0.3, 0.4) is 0 Å². The Bertz CT molecular complexity index is 1490. The third kappa shape index (κ3) is 4.55. The van der Waals surface area contributed by atoms with Gasteiger partial charge in [0.25, 0.3) is 5.91 Å². The number of amides is 1. The van der Waals surface area contributed by atoms with Crippen molar-refractivity contribution in [2.24, 2.45) is 0 Å². The number of aryl methyl sites for hydroxylation is 2. The maximum absolute atomic E-state index is 14.0. The molecule has 0 radical (unpaired) electrons. The van der Waals surface area contributed by atoms with E-state index in [0.717, 1.165) is 67.1 Å². The van der Waals surface area contributed by atoms with Crippen molar-refractivity contribution in [1.82, 2.24) is 23.8 Å². The summed E-state index contributed by atoms with van der Waals surface area (Å²) in [4.78, 5) is 24.2. The van der Waals surface area contributed by atoms with E-state index in [1.54, 1.807) is 11.3 Å². The number of quaternary nitrogens is 1. The van der Waals surface area contributed by atoms with E-state index in [9.17, 15) is 4.79 Å². The second-order valence-corrected chi connectivity index (χ2v) is 11.2. The van der Waals surface area contributed by atoms with Crippen molar-refractivity contribution >= 4 is 39.4 Å². The molecule has 6 rings (SSSR count). The average Bonchev–Trinajstić information content (AvgIpc) is 3.68. The normalized spacial score (nSPS) is 20.3. The average molecular weight is 511 g/mol. The van der Waals surface area contributed by atoms with E-state index >= 15 is 0 Å². The van der Waals surface area contributed by atoms with Crippen molar-refractivity contribution in [3.63, 3.8) is 0 Å². The Kier molecular flexibility index (Phi) is 6.28. The number of nitrogens with zero attached hydrogens (tertiary/aromatic N) is 5. The molecule has 4 aromatic rings. The molecular weight excluding hydrogens is 478 g/mol. The third-order valence-electron chi connectivity index (χ3n) is 7.55. The molecule has 4 heterocycles. The van der Waals surface area contributed by atoms with Gasteiger partial charge in [0.05, 0.1) is 18.9 Å². The summed E-state index contributed by atoms with van der Waals surface area (Å²) >= 11 is 1.78. The van der Waals surface area contributed by atoms with E-state index < -0.39 is 0 Å². The first-order valence-electron chi connectivity index (χ1n) is 12.8. The van der Waals surface area contributed by atoms with Crippen molar-refractivity contribution in [1.29, 1.82) is 0 Å². The van der Waals surface area contributed by atoms with Gasteiger partial charge in [0.1, 0.15) is 24.2 Å². The van der Waals surface area contributed by atoms with Gasteiger partial charge < -0.3 is 9.80 Å². The zero-order chi connectivity index (χ0) is 25.4. The Balaban J connectivity index is 1.42. The Hall–Kier alpha value is -3.52. The minimum Gasteiger partial charge on any atom is -0.336 e. The van der Waals surface area contributed by atoms with Crippen LogP contribution in [0.1, 0.15) is 10.4 Å². The predicted molar refractivity (Wildman–Crippen MR) is 152 cm³/mol. The van der Waals surface area contributed by atoms with Crippen LogP contribution in [0, 0.1) is 0 Å². The number of carbonyl (C=O) groups excluding carboxylic acids is 1. The Morgan fingerprint density at radius 2 is 1.81 bits per heavy atom. The summed E-state index contributed by atoms with van der Waals surface area (Å²) in [5.41, 5.74) is 2.86. The zero-order valence-corrected chi connectivity index (χ0v) is 22.2. The van der Waals surface area contributed by atoms with Gasteiger partial charge in [-0.1, -0.05) is 48.5 Å². The molecule has 2 aliphatic rings. The first-order chi connectivity index (χ1) is 18.0. The van der Waals surface area contributed by atoms with Crippen LogP contribution in [0.25, 0.3) is 16.3 Å². The van der Waals surface area contributed by atoms with Crippen LogP contribution in [0.2, 0.25) is 0 Å². The molecular formula is C30H32N5OS+. The summed E-state index contributed by atoms with van der Waals surface area (Å²) < 4.78 is 2.62. The number of rotatable bonds is 6. The maximum Gasteiger partial charge on any atom is 0.260 e. The SMILES string of the molecule is CN1CCN(C(=O)C2=C[N+](C)(c3cncn3CCc3cccs3)C=C2c2cccc3ccccc23)CC1. The van der Waals surface area contributed by atoms with E-state index in [4.69, 9.17) is 0 Å². The minimum absolute atomic E-state index is 0.110. The molecule has 7 heteroatoms. The second-order valence-electron chi connectivity index (χ2n) is 10.1. The van der Waals surface area contributed by atoms with E-state index in [0.29, 0.717) is 4.48 Å². The molecule has 2 aliphatic heterocycles.